The summed E-state index contributed by atoms with van der Waals surface area (Å²) in [6.45, 7) is 7.98. The van der Waals surface area contributed by atoms with Crippen molar-refractivity contribution in [1.82, 2.24) is 14.9 Å². The van der Waals surface area contributed by atoms with E-state index in [-0.39, 0.29) is 12.0 Å². The molecule has 9 heteroatoms. The Morgan fingerprint density at radius 1 is 1.03 bits per heavy atom. The Morgan fingerprint density at radius 2 is 1.76 bits per heavy atom. The lowest BCUT2D eigenvalue weighted by molar-refractivity contribution is -0.125. The lowest BCUT2D eigenvalue weighted by atomic mass is 9.64. The van der Waals surface area contributed by atoms with Crippen molar-refractivity contribution in [3.05, 3.63) is 42.2 Å². The maximum atomic E-state index is 13.2. The van der Waals surface area contributed by atoms with Gasteiger partial charge in [0.15, 0.2) is 5.82 Å². The summed E-state index contributed by atoms with van der Waals surface area (Å²) in [6.07, 6.45) is 6.23. The summed E-state index contributed by atoms with van der Waals surface area (Å²) in [5.41, 5.74) is 11.0. The van der Waals surface area contributed by atoms with Gasteiger partial charge in [0.2, 0.25) is 5.91 Å². The summed E-state index contributed by atoms with van der Waals surface area (Å²) < 4.78 is 5.50. The van der Waals surface area contributed by atoms with E-state index in [2.05, 4.69) is 16.0 Å². The van der Waals surface area contributed by atoms with Crippen molar-refractivity contribution in [1.29, 1.82) is 0 Å². The number of hydrogen-bond acceptors (Lipinski definition) is 7. The molecule has 2 N–H and O–H groups in total. The lowest BCUT2D eigenvalue weighted by Gasteiger charge is -2.37. The standard InChI is InChI=1S/C29H34N6O3/c1-28(2,3)38-27(37)35-12-10-34(11-13-35)25-21(30)15-19(16-32-25)18-6-7-22-20(14-18)24-23(17-31-22)33(4)26(36)29(24)8-5-9-29/h6-7,14-17H,5,8-13,30H2,1-4H3. The van der Waals surface area contributed by atoms with E-state index in [0.29, 0.717) is 31.9 Å². The number of carbonyl (C=O) groups excluding carboxylic acids is 2. The molecule has 38 heavy (non-hydrogen) atoms. The molecule has 6 rings (SSSR count). The fourth-order valence-corrected chi connectivity index (χ4v) is 5.97. The number of nitrogen functional groups attached to an aromatic ring is 1. The molecule has 198 valence electrons. The Kier molecular flexibility index (Phi) is 5.52. The van der Waals surface area contributed by atoms with E-state index in [9.17, 15) is 9.59 Å². The number of fused-ring (bicyclic) bond motifs is 4. The summed E-state index contributed by atoms with van der Waals surface area (Å²) >= 11 is 0. The molecule has 3 aliphatic rings. The van der Waals surface area contributed by atoms with Crippen LogP contribution in [0.4, 0.5) is 22.0 Å². The molecule has 4 heterocycles. The highest BCUT2D eigenvalue weighted by Gasteiger charge is 2.54. The molecule has 2 fully saturated rings. The first-order valence-corrected chi connectivity index (χ1v) is 13.3. The number of nitrogens with zero attached hydrogens (tertiary/aromatic N) is 5. The number of aromatic nitrogens is 2. The van der Waals surface area contributed by atoms with E-state index in [0.717, 1.165) is 58.4 Å². The molecule has 1 saturated carbocycles. The smallest absolute Gasteiger partial charge is 0.410 e. The molecule has 9 nitrogen and oxygen atoms in total. The highest BCUT2D eigenvalue weighted by atomic mass is 16.6. The minimum atomic E-state index is -0.515. The predicted molar refractivity (Wildman–Crippen MR) is 148 cm³/mol. The van der Waals surface area contributed by atoms with Gasteiger partial charge in [-0.3, -0.25) is 9.78 Å². The normalized spacial score (nSPS) is 18.6. The van der Waals surface area contributed by atoms with Crippen LogP contribution in [0.5, 0.6) is 0 Å². The number of anilines is 3. The predicted octanol–water partition coefficient (Wildman–Crippen LogP) is 4.33. The van der Waals surface area contributed by atoms with Crippen LogP contribution in [0, 0.1) is 0 Å². The Labute approximate surface area is 222 Å². The van der Waals surface area contributed by atoms with Crippen LogP contribution in [0.3, 0.4) is 0 Å². The molecular weight excluding hydrogens is 480 g/mol. The van der Waals surface area contributed by atoms with Crippen LogP contribution < -0.4 is 15.5 Å². The zero-order valence-corrected chi connectivity index (χ0v) is 22.5. The van der Waals surface area contributed by atoms with Crippen LogP contribution in [0.15, 0.2) is 36.7 Å². The Hall–Kier alpha value is -3.88. The molecule has 3 aromatic rings. The number of nitrogens with two attached hydrogens (primary N) is 1. The number of benzene rings is 1. The fraction of sp³-hybridized carbons (Fsp3) is 0.448. The third-order valence-corrected chi connectivity index (χ3v) is 8.07. The van der Waals surface area contributed by atoms with Crippen molar-refractivity contribution in [2.45, 2.75) is 51.0 Å². The van der Waals surface area contributed by atoms with Gasteiger partial charge in [-0.25, -0.2) is 9.78 Å². The quantitative estimate of drug-likeness (QED) is 0.543. The van der Waals surface area contributed by atoms with Crippen molar-refractivity contribution in [2.24, 2.45) is 0 Å². The van der Waals surface area contributed by atoms with Gasteiger partial charge in [0.25, 0.3) is 0 Å². The van der Waals surface area contributed by atoms with E-state index < -0.39 is 11.0 Å². The summed E-state index contributed by atoms with van der Waals surface area (Å²) in [5, 5.41) is 1.03. The summed E-state index contributed by atoms with van der Waals surface area (Å²) in [6, 6.07) is 8.13. The summed E-state index contributed by atoms with van der Waals surface area (Å²) in [7, 11) is 1.85. The zero-order valence-electron chi connectivity index (χ0n) is 22.5. The number of amides is 2. The molecule has 0 unspecified atom stereocenters. The molecule has 0 atom stereocenters. The highest BCUT2D eigenvalue weighted by Crippen LogP contribution is 2.55. The molecule has 0 radical (unpaired) electrons. The van der Waals surface area contributed by atoms with Gasteiger partial charge in [-0.05, 0) is 57.4 Å². The van der Waals surface area contributed by atoms with Crippen LogP contribution in [0.25, 0.3) is 22.0 Å². The summed E-state index contributed by atoms with van der Waals surface area (Å²) in [4.78, 5) is 40.5. The minimum Gasteiger partial charge on any atom is -0.444 e. The molecule has 0 bridgehead atoms. The van der Waals surface area contributed by atoms with Crippen molar-refractivity contribution in [3.63, 3.8) is 0 Å². The van der Waals surface area contributed by atoms with Crippen LogP contribution in [0.1, 0.15) is 45.6 Å². The second-order valence-corrected chi connectivity index (χ2v) is 11.6. The molecule has 2 aliphatic heterocycles. The van der Waals surface area contributed by atoms with E-state index in [1.54, 1.807) is 9.80 Å². The van der Waals surface area contributed by atoms with E-state index in [4.69, 9.17) is 15.5 Å². The molecule has 2 aromatic heterocycles. The molecule has 1 saturated heterocycles. The van der Waals surface area contributed by atoms with Gasteiger partial charge >= 0.3 is 6.09 Å². The first-order chi connectivity index (χ1) is 18.1. The van der Waals surface area contributed by atoms with Crippen molar-refractivity contribution in [3.8, 4) is 11.1 Å². The number of carbonyl (C=O) groups is 2. The minimum absolute atomic E-state index is 0.181. The van der Waals surface area contributed by atoms with E-state index in [1.165, 1.54) is 0 Å². The Bertz CT molecular complexity index is 1450. The van der Waals surface area contributed by atoms with Gasteiger partial charge in [0.1, 0.15) is 5.60 Å². The first kappa shape index (κ1) is 24.5. The van der Waals surface area contributed by atoms with Gasteiger partial charge in [0.05, 0.1) is 28.5 Å². The SMILES string of the molecule is CN1C(=O)C2(CCC2)c2c1cnc1ccc(-c3cnc(N4CCN(C(=O)OC(C)(C)C)CC4)c(N)c3)cc21. The molecular formula is C29H34N6O3. The second kappa shape index (κ2) is 8.58. The number of piperazine rings is 1. The average molecular weight is 515 g/mol. The van der Waals surface area contributed by atoms with Gasteiger partial charge in [0, 0.05) is 55.9 Å². The Morgan fingerprint density at radius 3 is 2.39 bits per heavy atom. The van der Waals surface area contributed by atoms with Crippen molar-refractivity contribution < 1.29 is 14.3 Å². The van der Waals surface area contributed by atoms with Crippen LogP contribution in [-0.2, 0) is 14.9 Å². The number of ether oxygens (including phenoxy) is 1. The average Bonchev–Trinajstić information content (AvgIpc) is 3.10. The lowest BCUT2D eigenvalue weighted by Crippen LogP contribution is -2.50. The maximum Gasteiger partial charge on any atom is 0.410 e. The van der Waals surface area contributed by atoms with Crippen LogP contribution in [0.2, 0.25) is 0 Å². The molecule has 1 aromatic carbocycles. The summed E-state index contributed by atoms with van der Waals surface area (Å²) in [5.74, 6) is 0.905. The van der Waals surface area contributed by atoms with Gasteiger partial charge in [-0.15, -0.1) is 0 Å². The third-order valence-electron chi connectivity index (χ3n) is 8.07. The number of likely N-dealkylation sites (N-methyl/N-ethyl adjacent to an activating group) is 1. The van der Waals surface area contributed by atoms with Crippen LogP contribution >= 0.6 is 0 Å². The van der Waals surface area contributed by atoms with Crippen LogP contribution in [-0.4, -0.2) is 65.7 Å². The largest absolute Gasteiger partial charge is 0.444 e. The first-order valence-electron chi connectivity index (χ1n) is 13.3. The highest BCUT2D eigenvalue weighted by molar-refractivity contribution is 6.13. The van der Waals surface area contributed by atoms with E-state index >= 15 is 0 Å². The molecule has 2 amide bonds. The second-order valence-electron chi connectivity index (χ2n) is 11.6. The van der Waals surface area contributed by atoms with Crippen molar-refractivity contribution >= 4 is 40.1 Å². The van der Waals surface area contributed by atoms with Gasteiger partial charge in [-0.1, -0.05) is 12.5 Å². The van der Waals surface area contributed by atoms with Crippen molar-refractivity contribution in [2.75, 3.05) is 48.8 Å². The van der Waals surface area contributed by atoms with Gasteiger partial charge < -0.3 is 25.2 Å². The van der Waals surface area contributed by atoms with E-state index in [1.807, 2.05) is 58.4 Å². The monoisotopic (exact) mass is 514 g/mol. The molecule has 1 aliphatic carbocycles. The number of hydrogen-bond donors (Lipinski definition) is 1. The zero-order chi connectivity index (χ0) is 26.8. The van der Waals surface area contributed by atoms with Gasteiger partial charge in [-0.2, -0.15) is 0 Å². The molecule has 1 spiro atoms. The maximum absolute atomic E-state index is 13.2. The number of pyridine rings is 2. The fourth-order valence-electron chi connectivity index (χ4n) is 5.97. The Balaban J connectivity index is 1.26. The third kappa shape index (κ3) is 3.83. The topological polar surface area (TPSA) is 105 Å². The number of rotatable bonds is 2.